The van der Waals surface area contributed by atoms with Crippen LogP contribution in [-0.4, -0.2) is 36.0 Å². The third-order valence-corrected chi connectivity index (χ3v) is 4.38. The smallest absolute Gasteiger partial charge is 0.278 e. The molecule has 0 saturated carbocycles. The van der Waals surface area contributed by atoms with Gasteiger partial charge in [0.25, 0.3) is 5.69 Å². The molecule has 8 heteroatoms. The van der Waals surface area contributed by atoms with E-state index in [1.54, 1.807) is 49.7 Å². The average Bonchev–Trinajstić information content (AvgIpc) is 2.71. The van der Waals surface area contributed by atoms with Gasteiger partial charge in [0.2, 0.25) is 5.91 Å². The van der Waals surface area contributed by atoms with Crippen LogP contribution in [0.4, 0.5) is 17.1 Å². The number of fused-ring (bicyclic) bond motifs is 1. The van der Waals surface area contributed by atoms with Crippen molar-refractivity contribution in [1.29, 1.82) is 0 Å². The first-order chi connectivity index (χ1) is 13.5. The van der Waals surface area contributed by atoms with Crippen LogP contribution in [0.5, 0.6) is 5.75 Å². The number of methoxy groups -OCH3 is 1. The second kappa shape index (κ2) is 8.34. The molecule has 2 aromatic carbocycles. The highest BCUT2D eigenvalue weighted by atomic mass is 16.6. The van der Waals surface area contributed by atoms with E-state index in [1.165, 1.54) is 12.3 Å². The van der Waals surface area contributed by atoms with E-state index >= 15 is 0 Å². The number of ether oxygens (including phenoxy) is 1. The van der Waals surface area contributed by atoms with Crippen molar-refractivity contribution in [3.8, 4) is 5.75 Å². The molecule has 0 spiro atoms. The highest BCUT2D eigenvalue weighted by molar-refractivity contribution is 6.01. The maximum Gasteiger partial charge on any atom is 0.278 e. The van der Waals surface area contributed by atoms with Crippen molar-refractivity contribution in [2.24, 2.45) is 0 Å². The molecule has 0 fully saturated rings. The van der Waals surface area contributed by atoms with E-state index < -0.39 is 4.92 Å². The van der Waals surface area contributed by atoms with E-state index in [0.717, 1.165) is 5.69 Å². The minimum Gasteiger partial charge on any atom is -0.497 e. The summed E-state index contributed by atoms with van der Waals surface area (Å²) in [5, 5.41) is 15.3. The molecule has 3 rings (SSSR count). The fraction of sp³-hybridized carbons (Fsp3) is 0.200. The summed E-state index contributed by atoms with van der Waals surface area (Å²) in [4.78, 5) is 29.3. The predicted octanol–water partition coefficient (Wildman–Crippen LogP) is 3.62. The number of carbonyl (C=O) groups excluding carboxylic acids is 1. The normalized spacial score (nSPS) is 10.5. The van der Waals surface area contributed by atoms with Crippen molar-refractivity contribution >= 4 is 33.7 Å². The topological polar surface area (TPSA) is 97.6 Å². The van der Waals surface area contributed by atoms with Crippen LogP contribution < -0.4 is 15.0 Å². The SMILES string of the molecule is CCN(CC(=O)Nc1cccc(OC)c1)c1ccc([N+](=O)[O-])c2cnccc12. The number of hydrogen-bond acceptors (Lipinski definition) is 6. The fourth-order valence-electron chi connectivity index (χ4n) is 3.04. The van der Waals surface area contributed by atoms with Crippen LogP contribution in [0.2, 0.25) is 0 Å². The van der Waals surface area contributed by atoms with Gasteiger partial charge < -0.3 is 15.0 Å². The van der Waals surface area contributed by atoms with Gasteiger partial charge in [0.1, 0.15) is 5.75 Å². The van der Waals surface area contributed by atoms with Crippen LogP contribution in [0.15, 0.2) is 54.9 Å². The minimum atomic E-state index is -0.431. The van der Waals surface area contributed by atoms with E-state index in [0.29, 0.717) is 28.8 Å². The van der Waals surface area contributed by atoms with Crippen molar-refractivity contribution in [2.45, 2.75) is 6.92 Å². The number of nitro benzene ring substituents is 1. The summed E-state index contributed by atoms with van der Waals surface area (Å²) in [6.07, 6.45) is 3.06. The molecular weight excluding hydrogens is 360 g/mol. The highest BCUT2D eigenvalue weighted by Gasteiger charge is 2.18. The van der Waals surface area contributed by atoms with Gasteiger partial charge in [0, 0.05) is 47.8 Å². The Hall–Kier alpha value is -3.68. The van der Waals surface area contributed by atoms with Gasteiger partial charge in [0.05, 0.1) is 24.0 Å². The quantitative estimate of drug-likeness (QED) is 0.497. The number of nitrogens with one attached hydrogen (secondary N) is 1. The van der Waals surface area contributed by atoms with Gasteiger partial charge >= 0.3 is 0 Å². The van der Waals surface area contributed by atoms with Gasteiger partial charge in [-0.25, -0.2) is 0 Å². The summed E-state index contributed by atoms with van der Waals surface area (Å²) >= 11 is 0. The Bertz CT molecular complexity index is 1020. The molecule has 1 aromatic heterocycles. The molecule has 1 N–H and O–H groups in total. The predicted molar refractivity (Wildman–Crippen MR) is 108 cm³/mol. The Kier molecular flexibility index (Phi) is 5.69. The summed E-state index contributed by atoms with van der Waals surface area (Å²) in [5.41, 5.74) is 1.37. The number of nitro groups is 1. The molecule has 0 radical (unpaired) electrons. The van der Waals surface area contributed by atoms with E-state index in [4.69, 9.17) is 4.74 Å². The number of amides is 1. The molecular formula is C20H20N4O4. The third-order valence-electron chi connectivity index (χ3n) is 4.38. The van der Waals surface area contributed by atoms with Gasteiger partial charge in [-0.3, -0.25) is 19.9 Å². The molecule has 8 nitrogen and oxygen atoms in total. The number of anilines is 2. The highest BCUT2D eigenvalue weighted by Crippen LogP contribution is 2.32. The minimum absolute atomic E-state index is 0.0104. The van der Waals surface area contributed by atoms with E-state index in [-0.39, 0.29) is 18.1 Å². The molecule has 0 atom stereocenters. The summed E-state index contributed by atoms with van der Waals surface area (Å²) < 4.78 is 5.16. The fourth-order valence-corrected chi connectivity index (χ4v) is 3.04. The first-order valence-electron chi connectivity index (χ1n) is 8.73. The number of aromatic nitrogens is 1. The molecule has 28 heavy (non-hydrogen) atoms. The molecule has 0 aliphatic carbocycles. The second-order valence-corrected chi connectivity index (χ2v) is 6.08. The zero-order valence-electron chi connectivity index (χ0n) is 15.6. The van der Waals surface area contributed by atoms with Crippen molar-refractivity contribution in [2.75, 3.05) is 30.4 Å². The van der Waals surface area contributed by atoms with Gasteiger partial charge in [0.15, 0.2) is 0 Å². The van der Waals surface area contributed by atoms with Gasteiger partial charge in [-0.05, 0) is 31.2 Å². The van der Waals surface area contributed by atoms with Crippen molar-refractivity contribution in [3.63, 3.8) is 0 Å². The zero-order chi connectivity index (χ0) is 20.1. The van der Waals surface area contributed by atoms with E-state index in [1.807, 2.05) is 11.8 Å². The zero-order valence-corrected chi connectivity index (χ0v) is 15.6. The molecule has 1 amide bonds. The molecule has 1 heterocycles. The summed E-state index contributed by atoms with van der Waals surface area (Å²) in [6.45, 7) is 2.58. The first-order valence-corrected chi connectivity index (χ1v) is 8.73. The Morgan fingerprint density at radius 2 is 2.07 bits per heavy atom. The average molecular weight is 380 g/mol. The maximum absolute atomic E-state index is 12.6. The number of non-ortho nitro benzene ring substituents is 1. The Labute approximate surface area is 161 Å². The largest absolute Gasteiger partial charge is 0.497 e. The van der Waals surface area contributed by atoms with Gasteiger partial charge in [-0.2, -0.15) is 0 Å². The molecule has 0 bridgehead atoms. The van der Waals surface area contributed by atoms with Crippen LogP contribution >= 0.6 is 0 Å². The number of pyridine rings is 1. The standard InChI is InChI=1S/C20H20N4O4/c1-3-23(13-20(25)22-14-5-4-6-15(11-14)28-2)18-7-8-19(24(26)27)17-12-21-10-9-16(17)18/h4-12H,3,13H2,1-2H3,(H,22,25). The molecule has 144 valence electrons. The van der Waals surface area contributed by atoms with Gasteiger partial charge in [-0.15, -0.1) is 0 Å². The molecule has 0 unspecified atom stereocenters. The lowest BCUT2D eigenvalue weighted by molar-refractivity contribution is -0.383. The number of likely N-dealkylation sites (N-methyl/N-ethyl adjacent to an activating group) is 1. The summed E-state index contributed by atoms with van der Waals surface area (Å²) in [7, 11) is 1.56. The van der Waals surface area contributed by atoms with Crippen LogP contribution in [0.3, 0.4) is 0 Å². The number of nitrogens with zero attached hydrogens (tertiary/aromatic N) is 3. The van der Waals surface area contributed by atoms with Crippen molar-refractivity contribution in [1.82, 2.24) is 4.98 Å². The van der Waals surface area contributed by atoms with Crippen molar-refractivity contribution < 1.29 is 14.5 Å². The molecule has 3 aromatic rings. The number of rotatable bonds is 7. The van der Waals surface area contributed by atoms with Crippen LogP contribution in [0, 0.1) is 10.1 Å². The van der Waals surface area contributed by atoms with Crippen LogP contribution in [-0.2, 0) is 4.79 Å². The Morgan fingerprint density at radius 1 is 1.25 bits per heavy atom. The van der Waals surface area contributed by atoms with E-state index in [9.17, 15) is 14.9 Å². The lowest BCUT2D eigenvalue weighted by Crippen LogP contribution is -2.33. The summed E-state index contributed by atoms with van der Waals surface area (Å²) in [6, 6.07) is 11.9. The van der Waals surface area contributed by atoms with E-state index in [2.05, 4.69) is 10.3 Å². The van der Waals surface area contributed by atoms with Crippen molar-refractivity contribution in [3.05, 3.63) is 65.0 Å². The lowest BCUT2D eigenvalue weighted by atomic mass is 10.1. The van der Waals surface area contributed by atoms with Crippen LogP contribution in [0.25, 0.3) is 10.8 Å². The Morgan fingerprint density at radius 3 is 2.79 bits per heavy atom. The summed E-state index contributed by atoms with van der Waals surface area (Å²) in [5.74, 6) is 0.453. The third kappa shape index (κ3) is 4.01. The monoisotopic (exact) mass is 380 g/mol. The molecule has 0 aliphatic heterocycles. The van der Waals surface area contributed by atoms with Gasteiger partial charge in [-0.1, -0.05) is 6.07 Å². The Balaban J connectivity index is 1.86. The number of carbonyl (C=O) groups is 1. The first kappa shape index (κ1) is 19.1. The van der Waals surface area contributed by atoms with Crippen LogP contribution in [0.1, 0.15) is 6.92 Å². The maximum atomic E-state index is 12.6. The second-order valence-electron chi connectivity index (χ2n) is 6.08. The molecule has 0 saturated heterocycles. The molecule has 0 aliphatic rings. The number of benzene rings is 2. The lowest BCUT2D eigenvalue weighted by Gasteiger charge is -2.24. The number of hydrogen-bond donors (Lipinski definition) is 1.